The summed E-state index contributed by atoms with van der Waals surface area (Å²) in [6.45, 7) is 5.65. The Labute approximate surface area is 127 Å². The molecule has 1 aromatic heterocycles. The first kappa shape index (κ1) is 14.9. The molecule has 0 radical (unpaired) electrons. The largest absolute Gasteiger partial charge is 0.480 e. The number of hydrogen-bond donors (Lipinski definition) is 1. The Kier molecular flexibility index (Phi) is 4.26. The van der Waals surface area contributed by atoms with Crippen LogP contribution in [0.25, 0.3) is 0 Å². The molecule has 116 valence electrons. The van der Waals surface area contributed by atoms with Crippen LogP contribution in [0.1, 0.15) is 12.0 Å². The summed E-state index contributed by atoms with van der Waals surface area (Å²) in [4.78, 5) is 4.86. The van der Waals surface area contributed by atoms with Crippen LogP contribution in [0.2, 0.25) is 0 Å². The topological polar surface area (TPSA) is 63.7 Å². The minimum absolute atomic E-state index is 0.196. The minimum atomic E-state index is -1.28. The van der Waals surface area contributed by atoms with E-state index in [9.17, 15) is 4.21 Å². The second-order valence-corrected chi connectivity index (χ2v) is 7.05. The highest BCUT2D eigenvalue weighted by atomic mass is 32.2. The third-order valence-corrected chi connectivity index (χ3v) is 5.44. The maximum atomic E-state index is 12.9. The third-order valence-electron chi connectivity index (χ3n) is 3.99. The fraction of sp³-hybridized carbons (Fsp3) is 0.643. The summed E-state index contributed by atoms with van der Waals surface area (Å²) in [6, 6.07) is 1.89. The lowest BCUT2D eigenvalue weighted by molar-refractivity contribution is -0.0742. The van der Waals surface area contributed by atoms with Gasteiger partial charge in [-0.15, -0.1) is 0 Å². The predicted molar refractivity (Wildman–Crippen MR) is 79.7 cm³/mol. The van der Waals surface area contributed by atoms with Crippen LogP contribution in [0, 0.1) is 6.92 Å². The monoisotopic (exact) mass is 311 g/mol. The number of rotatable bonds is 3. The van der Waals surface area contributed by atoms with E-state index in [1.165, 1.54) is 0 Å². The van der Waals surface area contributed by atoms with Gasteiger partial charge in [-0.3, -0.25) is 0 Å². The molecule has 2 saturated heterocycles. The molecule has 2 unspecified atom stereocenters. The summed E-state index contributed by atoms with van der Waals surface area (Å²) in [6.07, 6.45) is 2.69. The highest BCUT2D eigenvalue weighted by Gasteiger charge is 2.41. The average Bonchev–Trinajstić information content (AvgIpc) is 2.94. The van der Waals surface area contributed by atoms with E-state index in [1.54, 1.807) is 13.3 Å². The van der Waals surface area contributed by atoms with Gasteiger partial charge in [0.15, 0.2) is 0 Å². The first-order valence-electron chi connectivity index (χ1n) is 7.16. The number of ether oxygens (including phenoxy) is 2. The van der Waals surface area contributed by atoms with Gasteiger partial charge >= 0.3 is 0 Å². The third kappa shape index (κ3) is 2.96. The molecular formula is C14H21N3O3S. The van der Waals surface area contributed by atoms with E-state index in [4.69, 9.17) is 9.47 Å². The number of nitrogens with one attached hydrogen (secondary N) is 1. The molecule has 0 aliphatic carbocycles. The summed E-state index contributed by atoms with van der Waals surface area (Å²) in [5, 5.41) is 3.33. The standard InChI is InChI=1S/C14H21N3O3S/c1-11-7-12(13(19-2)16-8-11)21(18)17-5-6-20-14(10-17)3-4-15-9-14/h7-8,15H,3-6,9-10H2,1-2H3. The Hall–Kier alpha value is -1.02. The van der Waals surface area contributed by atoms with E-state index >= 15 is 0 Å². The summed E-state index contributed by atoms with van der Waals surface area (Å²) >= 11 is 0. The second-order valence-electron chi connectivity index (χ2n) is 5.59. The Morgan fingerprint density at radius 1 is 1.57 bits per heavy atom. The zero-order valence-corrected chi connectivity index (χ0v) is 13.2. The van der Waals surface area contributed by atoms with Gasteiger partial charge in [0.1, 0.15) is 15.9 Å². The molecule has 2 fully saturated rings. The SMILES string of the molecule is COc1ncc(C)cc1S(=O)N1CCOC2(CCNC2)C1. The number of nitrogens with zero attached hydrogens (tertiary/aromatic N) is 2. The molecule has 1 aromatic rings. The van der Waals surface area contributed by atoms with Crippen molar-refractivity contribution in [2.45, 2.75) is 23.8 Å². The maximum absolute atomic E-state index is 12.9. The Bertz CT molecular complexity index is 546. The van der Waals surface area contributed by atoms with Gasteiger partial charge in [0, 0.05) is 25.8 Å². The Morgan fingerprint density at radius 2 is 2.43 bits per heavy atom. The lowest BCUT2D eigenvalue weighted by Crippen LogP contribution is -2.53. The van der Waals surface area contributed by atoms with Crippen molar-refractivity contribution in [2.24, 2.45) is 0 Å². The second kappa shape index (κ2) is 6.00. The van der Waals surface area contributed by atoms with Gasteiger partial charge in [-0.1, -0.05) is 0 Å². The molecule has 2 aliphatic heterocycles. The van der Waals surface area contributed by atoms with Gasteiger partial charge in [-0.2, -0.15) is 0 Å². The zero-order valence-electron chi connectivity index (χ0n) is 12.4. The van der Waals surface area contributed by atoms with E-state index in [1.807, 2.05) is 17.3 Å². The number of hydrogen-bond acceptors (Lipinski definition) is 5. The van der Waals surface area contributed by atoms with E-state index < -0.39 is 11.0 Å². The van der Waals surface area contributed by atoms with Crippen molar-refractivity contribution >= 4 is 11.0 Å². The molecule has 2 aliphatic rings. The fourth-order valence-corrected chi connectivity index (χ4v) is 4.32. The number of morpholine rings is 1. The molecule has 0 aromatic carbocycles. The van der Waals surface area contributed by atoms with Crippen LogP contribution in [0.5, 0.6) is 5.88 Å². The van der Waals surface area contributed by atoms with Crippen molar-refractivity contribution in [1.29, 1.82) is 0 Å². The van der Waals surface area contributed by atoms with Gasteiger partial charge in [-0.05, 0) is 31.5 Å². The fourth-order valence-electron chi connectivity index (χ4n) is 2.88. The van der Waals surface area contributed by atoms with Crippen LogP contribution in [-0.2, 0) is 15.7 Å². The molecular weight excluding hydrogens is 290 g/mol. The molecule has 0 bridgehead atoms. The Morgan fingerprint density at radius 3 is 3.14 bits per heavy atom. The molecule has 0 saturated carbocycles. The molecule has 7 heteroatoms. The predicted octanol–water partition coefficient (Wildman–Crippen LogP) is 0.486. The zero-order chi connectivity index (χ0) is 14.9. The number of pyridine rings is 1. The van der Waals surface area contributed by atoms with Crippen molar-refractivity contribution in [2.75, 3.05) is 39.9 Å². The average molecular weight is 311 g/mol. The first-order chi connectivity index (χ1) is 10.1. The smallest absolute Gasteiger partial charge is 0.231 e. The van der Waals surface area contributed by atoms with Gasteiger partial charge in [0.2, 0.25) is 5.88 Å². The van der Waals surface area contributed by atoms with E-state index in [0.717, 1.165) is 25.1 Å². The summed E-state index contributed by atoms with van der Waals surface area (Å²) < 4.78 is 26.1. The molecule has 3 rings (SSSR count). The highest BCUT2D eigenvalue weighted by molar-refractivity contribution is 7.82. The molecule has 21 heavy (non-hydrogen) atoms. The van der Waals surface area contributed by atoms with Crippen LogP contribution < -0.4 is 10.1 Å². The van der Waals surface area contributed by atoms with Gasteiger partial charge in [0.25, 0.3) is 0 Å². The van der Waals surface area contributed by atoms with E-state index in [2.05, 4.69) is 10.3 Å². The van der Waals surface area contributed by atoms with Crippen LogP contribution >= 0.6 is 0 Å². The van der Waals surface area contributed by atoms with Crippen molar-refractivity contribution in [3.05, 3.63) is 17.8 Å². The molecule has 1 spiro atoms. The Balaban J connectivity index is 1.83. The summed E-state index contributed by atoms with van der Waals surface area (Å²) in [7, 11) is 0.280. The quantitative estimate of drug-likeness (QED) is 0.880. The van der Waals surface area contributed by atoms with Crippen LogP contribution in [-0.4, -0.2) is 59.0 Å². The van der Waals surface area contributed by atoms with Crippen LogP contribution in [0.4, 0.5) is 0 Å². The molecule has 2 atom stereocenters. The normalized spacial score (nSPS) is 27.9. The van der Waals surface area contributed by atoms with Crippen molar-refractivity contribution in [3.8, 4) is 5.88 Å². The lowest BCUT2D eigenvalue weighted by atomic mass is 10.0. The van der Waals surface area contributed by atoms with E-state index in [-0.39, 0.29) is 5.60 Å². The molecule has 0 amide bonds. The van der Waals surface area contributed by atoms with Gasteiger partial charge in [-0.25, -0.2) is 13.5 Å². The van der Waals surface area contributed by atoms with Gasteiger partial charge < -0.3 is 14.8 Å². The first-order valence-corrected chi connectivity index (χ1v) is 8.26. The molecule has 3 heterocycles. The van der Waals surface area contributed by atoms with Gasteiger partial charge in [0.05, 0.1) is 19.3 Å². The lowest BCUT2D eigenvalue weighted by Gasteiger charge is -2.39. The van der Waals surface area contributed by atoms with Crippen molar-refractivity contribution in [1.82, 2.24) is 14.6 Å². The van der Waals surface area contributed by atoms with E-state index in [0.29, 0.717) is 30.5 Å². The van der Waals surface area contributed by atoms with Crippen molar-refractivity contribution in [3.63, 3.8) is 0 Å². The number of methoxy groups -OCH3 is 1. The summed E-state index contributed by atoms with van der Waals surface area (Å²) in [5.41, 5.74) is 0.781. The van der Waals surface area contributed by atoms with Crippen LogP contribution in [0.15, 0.2) is 17.2 Å². The maximum Gasteiger partial charge on any atom is 0.231 e. The number of aromatic nitrogens is 1. The van der Waals surface area contributed by atoms with Crippen molar-refractivity contribution < 1.29 is 13.7 Å². The number of aryl methyl sites for hydroxylation is 1. The highest BCUT2D eigenvalue weighted by Crippen LogP contribution is 2.29. The summed E-state index contributed by atoms with van der Waals surface area (Å²) in [5.74, 6) is 0.434. The molecule has 1 N–H and O–H groups in total. The molecule has 6 nitrogen and oxygen atoms in total. The minimum Gasteiger partial charge on any atom is -0.480 e. The van der Waals surface area contributed by atoms with Crippen LogP contribution in [0.3, 0.4) is 0 Å².